The minimum absolute atomic E-state index is 0.136. The van der Waals surface area contributed by atoms with Crippen LogP contribution >= 0.6 is 0 Å². The smallest absolute Gasteiger partial charge is 0.323 e. The molecule has 0 saturated heterocycles. The minimum Gasteiger partial charge on any atom is -0.468 e. The number of carbonyl (C=O) groups is 2. The second kappa shape index (κ2) is 7.37. The molecular formula is C14H18O4. The maximum Gasteiger partial charge on any atom is 0.323 e. The summed E-state index contributed by atoms with van der Waals surface area (Å²) in [5.74, 6) is 1.10. The highest BCUT2D eigenvalue weighted by atomic mass is 16.5. The van der Waals surface area contributed by atoms with E-state index in [2.05, 4.69) is 18.2 Å². The number of rotatable bonds is 6. The SMILES string of the molecule is C#CCCC(CC(C)=C=C)(C(=O)OC)C(=O)OC. The van der Waals surface area contributed by atoms with E-state index in [4.69, 9.17) is 15.9 Å². The van der Waals surface area contributed by atoms with Crippen LogP contribution in [0.15, 0.2) is 17.9 Å². The van der Waals surface area contributed by atoms with E-state index in [-0.39, 0.29) is 19.3 Å². The molecule has 4 nitrogen and oxygen atoms in total. The Kier molecular flexibility index (Phi) is 6.56. The maximum absolute atomic E-state index is 11.9. The van der Waals surface area contributed by atoms with Gasteiger partial charge in [0, 0.05) is 12.8 Å². The summed E-state index contributed by atoms with van der Waals surface area (Å²) in [7, 11) is 2.45. The van der Waals surface area contributed by atoms with Crippen LogP contribution in [-0.4, -0.2) is 26.2 Å². The van der Waals surface area contributed by atoms with E-state index in [0.29, 0.717) is 5.57 Å². The molecule has 0 aliphatic heterocycles. The molecule has 0 aromatic rings. The van der Waals surface area contributed by atoms with Gasteiger partial charge in [0.25, 0.3) is 0 Å². The number of terminal acetylenes is 1. The quantitative estimate of drug-likeness (QED) is 0.312. The van der Waals surface area contributed by atoms with Crippen molar-refractivity contribution in [1.29, 1.82) is 0 Å². The molecule has 4 heteroatoms. The van der Waals surface area contributed by atoms with Gasteiger partial charge in [0.1, 0.15) is 0 Å². The van der Waals surface area contributed by atoms with Gasteiger partial charge in [0.2, 0.25) is 0 Å². The molecule has 0 aliphatic rings. The van der Waals surface area contributed by atoms with E-state index in [0.717, 1.165) is 0 Å². The molecule has 0 bridgehead atoms. The summed E-state index contributed by atoms with van der Waals surface area (Å²) in [5.41, 5.74) is 1.91. The summed E-state index contributed by atoms with van der Waals surface area (Å²) in [5, 5.41) is 0. The topological polar surface area (TPSA) is 52.6 Å². The van der Waals surface area contributed by atoms with Crippen molar-refractivity contribution in [2.45, 2.75) is 26.2 Å². The normalized spacial score (nSPS) is 9.89. The van der Waals surface area contributed by atoms with E-state index in [9.17, 15) is 9.59 Å². The van der Waals surface area contributed by atoms with Crippen LogP contribution in [0.2, 0.25) is 0 Å². The van der Waals surface area contributed by atoms with Gasteiger partial charge in [-0.05, 0) is 18.9 Å². The standard InChI is InChI=1S/C14H18O4/c1-6-8-9-14(12(15)17-4,13(16)18-5)10-11(3)7-2/h1H,2,8-10H2,3-5H3. The molecule has 0 spiro atoms. The van der Waals surface area contributed by atoms with E-state index >= 15 is 0 Å². The largest absolute Gasteiger partial charge is 0.468 e. The zero-order valence-electron chi connectivity index (χ0n) is 11.0. The van der Waals surface area contributed by atoms with Crippen LogP contribution in [0, 0.1) is 17.8 Å². The van der Waals surface area contributed by atoms with Crippen molar-refractivity contribution in [3.8, 4) is 12.3 Å². The summed E-state index contributed by atoms with van der Waals surface area (Å²) < 4.78 is 9.42. The Morgan fingerprint density at radius 3 is 2.11 bits per heavy atom. The summed E-state index contributed by atoms with van der Waals surface area (Å²) >= 11 is 0. The molecule has 98 valence electrons. The molecular weight excluding hydrogens is 232 g/mol. The predicted molar refractivity (Wildman–Crippen MR) is 67.5 cm³/mol. The number of methoxy groups -OCH3 is 2. The number of ether oxygens (including phenoxy) is 2. The Morgan fingerprint density at radius 2 is 1.78 bits per heavy atom. The molecule has 0 heterocycles. The fourth-order valence-corrected chi connectivity index (χ4v) is 1.71. The number of allylic oxidation sites excluding steroid dienone is 1. The van der Waals surface area contributed by atoms with Crippen LogP contribution in [0.25, 0.3) is 0 Å². The molecule has 0 aromatic heterocycles. The maximum atomic E-state index is 11.9. The second-order valence-electron chi connectivity index (χ2n) is 3.90. The third-order valence-electron chi connectivity index (χ3n) is 2.72. The fourth-order valence-electron chi connectivity index (χ4n) is 1.71. The van der Waals surface area contributed by atoms with Gasteiger partial charge in [-0.1, -0.05) is 6.58 Å². The van der Waals surface area contributed by atoms with E-state index < -0.39 is 17.4 Å². The third kappa shape index (κ3) is 3.51. The van der Waals surface area contributed by atoms with Crippen LogP contribution in [0.5, 0.6) is 0 Å². The number of hydrogen-bond donors (Lipinski definition) is 0. The summed E-state index contributed by atoms with van der Waals surface area (Å²) in [6.07, 6.45) is 5.77. The van der Waals surface area contributed by atoms with Gasteiger partial charge >= 0.3 is 11.9 Å². The van der Waals surface area contributed by atoms with E-state index in [1.807, 2.05) is 0 Å². The molecule has 0 atom stereocenters. The monoisotopic (exact) mass is 250 g/mol. The number of carbonyl (C=O) groups excluding carboxylic acids is 2. The predicted octanol–water partition coefficient (Wildman–Crippen LogP) is 1.85. The second-order valence-corrected chi connectivity index (χ2v) is 3.90. The number of esters is 2. The molecule has 0 radical (unpaired) electrons. The van der Waals surface area contributed by atoms with Crippen molar-refractivity contribution in [3.63, 3.8) is 0 Å². The highest BCUT2D eigenvalue weighted by Gasteiger charge is 2.47. The molecule has 0 aliphatic carbocycles. The minimum atomic E-state index is -1.41. The first kappa shape index (κ1) is 16.0. The Bertz CT molecular complexity index is 392. The Morgan fingerprint density at radius 1 is 1.28 bits per heavy atom. The molecule has 0 N–H and O–H groups in total. The van der Waals surface area contributed by atoms with Crippen molar-refractivity contribution in [3.05, 3.63) is 17.9 Å². The lowest BCUT2D eigenvalue weighted by atomic mass is 9.78. The molecule has 18 heavy (non-hydrogen) atoms. The number of hydrogen-bond acceptors (Lipinski definition) is 4. The van der Waals surface area contributed by atoms with Gasteiger partial charge in [-0.15, -0.1) is 18.1 Å². The molecule has 0 aromatic carbocycles. The summed E-state index contributed by atoms with van der Waals surface area (Å²) in [4.78, 5) is 23.9. The van der Waals surface area contributed by atoms with Crippen LogP contribution < -0.4 is 0 Å². The van der Waals surface area contributed by atoms with Gasteiger partial charge in [-0.3, -0.25) is 9.59 Å². The lowest BCUT2D eigenvalue weighted by Crippen LogP contribution is -2.41. The Labute approximate surface area is 108 Å². The van der Waals surface area contributed by atoms with Gasteiger partial charge < -0.3 is 9.47 Å². The van der Waals surface area contributed by atoms with Crippen LogP contribution in [-0.2, 0) is 19.1 Å². The Hall–Kier alpha value is -1.98. The van der Waals surface area contributed by atoms with Crippen molar-refractivity contribution in [2.75, 3.05) is 14.2 Å². The summed E-state index contributed by atoms with van der Waals surface area (Å²) in [6, 6.07) is 0. The van der Waals surface area contributed by atoms with Crippen LogP contribution in [0.1, 0.15) is 26.2 Å². The summed E-state index contributed by atoms with van der Waals surface area (Å²) in [6.45, 7) is 5.21. The van der Waals surface area contributed by atoms with Crippen molar-refractivity contribution in [1.82, 2.24) is 0 Å². The average Bonchev–Trinajstić information content (AvgIpc) is 2.41. The fraction of sp³-hybridized carbons (Fsp3) is 0.500. The van der Waals surface area contributed by atoms with Gasteiger partial charge in [-0.25, -0.2) is 0 Å². The van der Waals surface area contributed by atoms with Crippen LogP contribution in [0.4, 0.5) is 0 Å². The average molecular weight is 250 g/mol. The molecule has 0 amide bonds. The zero-order chi connectivity index (χ0) is 14.2. The van der Waals surface area contributed by atoms with E-state index in [1.165, 1.54) is 14.2 Å². The lowest BCUT2D eigenvalue weighted by Gasteiger charge is -2.27. The molecule has 0 saturated carbocycles. The van der Waals surface area contributed by atoms with Gasteiger partial charge in [0.05, 0.1) is 14.2 Å². The third-order valence-corrected chi connectivity index (χ3v) is 2.72. The lowest BCUT2D eigenvalue weighted by molar-refractivity contribution is -0.169. The highest BCUT2D eigenvalue weighted by Crippen LogP contribution is 2.34. The zero-order valence-corrected chi connectivity index (χ0v) is 11.0. The first-order chi connectivity index (χ1) is 8.48. The van der Waals surface area contributed by atoms with Crippen molar-refractivity contribution in [2.24, 2.45) is 5.41 Å². The van der Waals surface area contributed by atoms with Gasteiger partial charge in [-0.2, -0.15) is 0 Å². The molecule has 0 rings (SSSR count). The van der Waals surface area contributed by atoms with Crippen molar-refractivity contribution >= 4 is 11.9 Å². The van der Waals surface area contributed by atoms with Gasteiger partial charge in [0.15, 0.2) is 5.41 Å². The highest BCUT2D eigenvalue weighted by molar-refractivity contribution is 6.00. The van der Waals surface area contributed by atoms with Crippen LogP contribution in [0.3, 0.4) is 0 Å². The molecule has 0 unspecified atom stereocenters. The van der Waals surface area contributed by atoms with Crippen molar-refractivity contribution < 1.29 is 19.1 Å². The molecule has 0 fully saturated rings. The first-order valence-electron chi connectivity index (χ1n) is 5.44. The first-order valence-corrected chi connectivity index (χ1v) is 5.44. The van der Waals surface area contributed by atoms with E-state index in [1.54, 1.807) is 6.92 Å². The Balaban J connectivity index is 5.54.